The van der Waals surface area contributed by atoms with Gasteiger partial charge in [-0.25, -0.2) is 4.98 Å². The molecule has 0 saturated heterocycles. The molecular formula is C16H17ClN2O2S. The Balaban J connectivity index is 2.40. The van der Waals surface area contributed by atoms with Gasteiger partial charge in [-0.3, -0.25) is 0 Å². The third-order valence-corrected chi connectivity index (χ3v) is 3.95. The lowest BCUT2D eigenvalue weighted by Crippen LogP contribution is -2.07. The Labute approximate surface area is 139 Å². The van der Waals surface area contributed by atoms with Crippen LogP contribution < -0.4 is 4.74 Å². The van der Waals surface area contributed by atoms with E-state index >= 15 is 0 Å². The fourth-order valence-corrected chi connectivity index (χ4v) is 2.67. The lowest BCUT2D eigenvalue weighted by molar-refractivity contribution is 0.209. The molecule has 4 nitrogen and oxygen atoms in total. The number of halogens is 1. The van der Waals surface area contributed by atoms with Crippen molar-refractivity contribution in [3.8, 4) is 5.88 Å². The molecule has 1 aromatic carbocycles. The van der Waals surface area contributed by atoms with Gasteiger partial charge >= 0.3 is 0 Å². The summed E-state index contributed by atoms with van der Waals surface area (Å²) in [6.07, 6.45) is 2.81. The summed E-state index contributed by atoms with van der Waals surface area (Å²) in [6.45, 7) is 1.83. The number of aliphatic hydroxyl groups is 1. The van der Waals surface area contributed by atoms with Gasteiger partial charge in [0.05, 0.1) is 12.7 Å². The molecule has 0 saturated carbocycles. The number of benzene rings is 1. The van der Waals surface area contributed by atoms with Gasteiger partial charge in [0, 0.05) is 0 Å². The van der Waals surface area contributed by atoms with Gasteiger partial charge < -0.3 is 9.84 Å². The van der Waals surface area contributed by atoms with Gasteiger partial charge in [0.2, 0.25) is 5.88 Å². The summed E-state index contributed by atoms with van der Waals surface area (Å²) in [5.74, 6) is 0.290. The highest BCUT2D eigenvalue weighted by molar-refractivity contribution is 7.98. The summed E-state index contributed by atoms with van der Waals surface area (Å²) < 4.78 is 5.25. The van der Waals surface area contributed by atoms with Crippen LogP contribution in [0.2, 0.25) is 5.15 Å². The molecule has 1 aromatic heterocycles. The van der Waals surface area contributed by atoms with Crippen molar-refractivity contribution < 1.29 is 9.84 Å². The van der Waals surface area contributed by atoms with Crippen molar-refractivity contribution in [3.63, 3.8) is 0 Å². The van der Waals surface area contributed by atoms with E-state index in [0.29, 0.717) is 10.7 Å². The van der Waals surface area contributed by atoms with Gasteiger partial charge in [-0.15, -0.1) is 0 Å². The Hall–Kier alpha value is -1.56. The maximum absolute atomic E-state index is 10.6. The van der Waals surface area contributed by atoms with Crippen molar-refractivity contribution in [1.29, 1.82) is 0 Å². The Bertz CT molecular complexity index is 677. The first-order chi connectivity index (χ1) is 10.6. The number of aromatic nitrogens is 2. The van der Waals surface area contributed by atoms with Gasteiger partial charge in [-0.1, -0.05) is 59.8 Å². The molecule has 0 fully saturated rings. The molecular weight excluding hydrogens is 320 g/mol. The van der Waals surface area contributed by atoms with Gasteiger partial charge in [-0.2, -0.15) is 4.98 Å². The second kappa shape index (κ2) is 7.63. The molecule has 0 aliphatic carbocycles. The van der Waals surface area contributed by atoms with Crippen molar-refractivity contribution in [2.75, 3.05) is 13.4 Å². The van der Waals surface area contributed by atoms with E-state index < -0.39 is 6.10 Å². The highest BCUT2D eigenvalue weighted by Crippen LogP contribution is 2.35. The summed E-state index contributed by atoms with van der Waals surface area (Å²) in [4.78, 5) is 8.40. The van der Waals surface area contributed by atoms with E-state index in [1.54, 1.807) is 0 Å². The Morgan fingerprint density at radius 3 is 2.59 bits per heavy atom. The zero-order valence-corrected chi connectivity index (χ0v) is 14.1. The molecule has 0 spiro atoms. The van der Waals surface area contributed by atoms with E-state index in [1.165, 1.54) is 18.9 Å². The van der Waals surface area contributed by atoms with Crippen molar-refractivity contribution in [3.05, 3.63) is 52.2 Å². The average Bonchev–Trinajstić information content (AvgIpc) is 2.54. The maximum Gasteiger partial charge on any atom is 0.224 e. The average molecular weight is 337 g/mol. The van der Waals surface area contributed by atoms with Crippen molar-refractivity contribution >= 4 is 29.4 Å². The van der Waals surface area contributed by atoms with Crippen molar-refractivity contribution in [2.45, 2.75) is 18.2 Å². The van der Waals surface area contributed by atoms with Crippen LogP contribution in [-0.2, 0) is 0 Å². The monoisotopic (exact) mass is 336 g/mol. The first-order valence-electron chi connectivity index (χ1n) is 6.63. The SMILES string of the molecule is COc1nc(SC)nc(Cl)c1C(O)/C(C)=C/c1ccccc1. The summed E-state index contributed by atoms with van der Waals surface area (Å²) in [5.41, 5.74) is 2.11. The molecule has 22 heavy (non-hydrogen) atoms. The van der Waals surface area contributed by atoms with E-state index in [-0.39, 0.29) is 11.0 Å². The molecule has 2 rings (SSSR count). The standard InChI is InChI=1S/C16H17ClN2O2S/c1-10(9-11-7-5-4-6-8-11)13(20)12-14(17)18-16(22-3)19-15(12)21-2/h4-9,13,20H,1-3H3/b10-9+. The van der Waals surface area contributed by atoms with E-state index in [0.717, 1.165) is 11.1 Å². The number of methoxy groups -OCH3 is 1. The van der Waals surface area contributed by atoms with Crippen LogP contribution in [-0.4, -0.2) is 28.4 Å². The van der Waals surface area contributed by atoms with Crippen LogP contribution in [0.3, 0.4) is 0 Å². The minimum Gasteiger partial charge on any atom is -0.481 e. The zero-order chi connectivity index (χ0) is 16.1. The number of hydrogen-bond donors (Lipinski definition) is 1. The first kappa shape index (κ1) is 16.8. The Morgan fingerprint density at radius 1 is 1.32 bits per heavy atom. The fourth-order valence-electron chi connectivity index (χ4n) is 2.00. The van der Waals surface area contributed by atoms with E-state index in [4.69, 9.17) is 16.3 Å². The van der Waals surface area contributed by atoms with Crippen LogP contribution in [0.4, 0.5) is 0 Å². The molecule has 2 aromatic rings. The van der Waals surface area contributed by atoms with Crippen LogP contribution in [0.5, 0.6) is 5.88 Å². The predicted octanol–water partition coefficient (Wildman–Crippen LogP) is 4.00. The third kappa shape index (κ3) is 3.80. The lowest BCUT2D eigenvalue weighted by Gasteiger charge is -2.16. The molecule has 0 radical (unpaired) electrons. The molecule has 0 bridgehead atoms. The molecule has 0 amide bonds. The van der Waals surface area contributed by atoms with Crippen LogP contribution in [0, 0.1) is 0 Å². The number of thioether (sulfide) groups is 1. The third-order valence-electron chi connectivity index (χ3n) is 3.12. The highest BCUT2D eigenvalue weighted by Gasteiger charge is 2.22. The number of rotatable bonds is 5. The van der Waals surface area contributed by atoms with Crippen LogP contribution in [0.1, 0.15) is 24.2 Å². The van der Waals surface area contributed by atoms with Crippen LogP contribution in [0.25, 0.3) is 6.08 Å². The fraction of sp³-hybridized carbons (Fsp3) is 0.250. The molecule has 1 N–H and O–H groups in total. The van der Waals surface area contributed by atoms with E-state index in [2.05, 4.69) is 9.97 Å². The second-order valence-corrected chi connectivity index (χ2v) is 5.76. The minimum absolute atomic E-state index is 0.199. The second-order valence-electron chi connectivity index (χ2n) is 4.63. The number of nitrogens with zero attached hydrogens (tertiary/aromatic N) is 2. The Morgan fingerprint density at radius 2 is 2.00 bits per heavy atom. The molecule has 6 heteroatoms. The van der Waals surface area contributed by atoms with Crippen LogP contribution in [0.15, 0.2) is 41.1 Å². The molecule has 1 unspecified atom stereocenters. The van der Waals surface area contributed by atoms with Gasteiger partial charge in [0.1, 0.15) is 11.3 Å². The number of ether oxygens (including phenoxy) is 1. The van der Waals surface area contributed by atoms with Crippen LogP contribution >= 0.6 is 23.4 Å². The van der Waals surface area contributed by atoms with E-state index in [1.807, 2.05) is 49.6 Å². The molecule has 0 aliphatic rings. The normalized spacial score (nSPS) is 13.0. The zero-order valence-electron chi connectivity index (χ0n) is 12.6. The van der Waals surface area contributed by atoms with Gasteiger partial charge in [-0.05, 0) is 24.3 Å². The summed E-state index contributed by atoms with van der Waals surface area (Å²) >= 11 is 7.56. The maximum atomic E-state index is 10.6. The summed E-state index contributed by atoms with van der Waals surface area (Å²) in [6, 6.07) is 9.74. The summed E-state index contributed by atoms with van der Waals surface area (Å²) in [7, 11) is 1.50. The number of hydrogen-bond acceptors (Lipinski definition) is 5. The molecule has 1 heterocycles. The topological polar surface area (TPSA) is 55.2 Å². The first-order valence-corrected chi connectivity index (χ1v) is 8.23. The molecule has 116 valence electrons. The highest BCUT2D eigenvalue weighted by atomic mass is 35.5. The summed E-state index contributed by atoms with van der Waals surface area (Å²) in [5, 5.41) is 11.3. The van der Waals surface area contributed by atoms with Gasteiger partial charge in [0.15, 0.2) is 5.16 Å². The Kier molecular flexibility index (Phi) is 5.83. The smallest absolute Gasteiger partial charge is 0.224 e. The molecule has 1 atom stereocenters. The minimum atomic E-state index is -0.932. The quantitative estimate of drug-likeness (QED) is 0.508. The number of aliphatic hydroxyl groups excluding tert-OH is 1. The van der Waals surface area contributed by atoms with E-state index in [9.17, 15) is 5.11 Å². The van der Waals surface area contributed by atoms with Crippen molar-refractivity contribution in [2.24, 2.45) is 0 Å². The molecule has 0 aliphatic heterocycles. The largest absolute Gasteiger partial charge is 0.481 e. The predicted molar refractivity (Wildman–Crippen MR) is 90.4 cm³/mol. The van der Waals surface area contributed by atoms with Crippen molar-refractivity contribution in [1.82, 2.24) is 9.97 Å². The van der Waals surface area contributed by atoms with Gasteiger partial charge in [0.25, 0.3) is 0 Å². The lowest BCUT2D eigenvalue weighted by atomic mass is 10.0.